The van der Waals surface area contributed by atoms with Crippen molar-refractivity contribution in [1.29, 1.82) is 5.26 Å². The molecule has 1 aromatic carbocycles. The van der Waals surface area contributed by atoms with Gasteiger partial charge in [0.15, 0.2) is 0 Å². The van der Waals surface area contributed by atoms with Gasteiger partial charge in [-0.05, 0) is 36.8 Å². The molecule has 2 nitrogen and oxygen atoms in total. The molecule has 0 bridgehead atoms. The highest BCUT2D eigenvalue weighted by atomic mass is 16.5. The van der Waals surface area contributed by atoms with E-state index in [0.717, 1.165) is 11.3 Å². The van der Waals surface area contributed by atoms with E-state index in [0.29, 0.717) is 12.2 Å². The highest BCUT2D eigenvalue weighted by molar-refractivity contribution is 5.34. The molecule has 0 aromatic heterocycles. The minimum atomic E-state index is 0.520. The van der Waals surface area contributed by atoms with Crippen LogP contribution in [0.4, 0.5) is 0 Å². The van der Waals surface area contributed by atoms with E-state index in [-0.39, 0.29) is 0 Å². The maximum absolute atomic E-state index is 8.54. The van der Waals surface area contributed by atoms with Crippen LogP contribution in [-0.2, 0) is 0 Å². The van der Waals surface area contributed by atoms with Crippen LogP contribution in [0.15, 0.2) is 36.4 Å². The molecule has 0 N–H and O–H groups in total. The van der Waals surface area contributed by atoms with Crippen LogP contribution in [0.1, 0.15) is 12.5 Å². The van der Waals surface area contributed by atoms with Gasteiger partial charge in [-0.25, -0.2) is 0 Å². The van der Waals surface area contributed by atoms with Crippen LogP contribution < -0.4 is 4.74 Å². The van der Waals surface area contributed by atoms with Crippen LogP contribution in [-0.4, -0.2) is 6.61 Å². The number of benzene rings is 1. The molecular formula is C11H11NO. The molecule has 0 aliphatic heterocycles. The summed E-state index contributed by atoms with van der Waals surface area (Å²) in [5.74, 6) is 0.766. The fraction of sp³-hybridized carbons (Fsp3) is 0.182. The summed E-state index contributed by atoms with van der Waals surface area (Å²) in [4.78, 5) is 0. The van der Waals surface area contributed by atoms with Crippen LogP contribution in [0.3, 0.4) is 0 Å². The third-order valence-electron chi connectivity index (χ3n) is 1.47. The Kier molecular flexibility index (Phi) is 3.10. The molecule has 0 aliphatic carbocycles. The van der Waals surface area contributed by atoms with Crippen molar-refractivity contribution >= 4 is 0 Å². The van der Waals surface area contributed by atoms with Crippen LogP contribution in [0.5, 0.6) is 5.75 Å². The standard InChI is InChI=1S/C11H11NO/c1-9(2)8-13-11-5-3-10(7-12)4-6-11/h3-6H,1,8H2,2H3. The van der Waals surface area contributed by atoms with Crippen molar-refractivity contribution in [3.05, 3.63) is 42.0 Å². The highest BCUT2D eigenvalue weighted by Gasteiger charge is 1.93. The quantitative estimate of drug-likeness (QED) is 0.658. The van der Waals surface area contributed by atoms with E-state index >= 15 is 0 Å². The number of nitrogens with zero attached hydrogens (tertiary/aromatic N) is 1. The molecule has 0 saturated heterocycles. The Labute approximate surface area is 78.1 Å². The molecule has 0 unspecified atom stereocenters. The van der Waals surface area contributed by atoms with E-state index < -0.39 is 0 Å². The molecule has 0 fully saturated rings. The second-order valence-corrected chi connectivity index (χ2v) is 2.88. The summed E-state index contributed by atoms with van der Waals surface area (Å²) in [6, 6.07) is 9.06. The summed E-state index contributed by atoms with van der Waals surface area (Å²) in [6.45, 7) is 6.15. The summed E-state index contributed by atoms with van der Waals surface area (Å²) < 4.78 is 5.36. The van der Waals surface area contributed by atoms with Gasteiger partial charge in [-0.3, -0.25) is 0 Å². The molecule has 1 aromatic rings. The molecule has 2 heteroatoms. The fourth-order valence-electron chi connectivity index (χ4n) is 0.832. The number of nitriles is 1. The van der Waals surface area contributed by atoms with Crippen molar-refractivity contribution in [2.45, 2.75) is 6.92 Å². The van der Waals surface area contributed by atoms with Crippen molar-refractivity contribution in [2.24, 2.45) is 0 Å². The number of hydrogen-bond donors (Lipinski definition) is 0. The van der Waals surface area contributed by atoms with E-state index in [1.54, 1.807) is 24.3 Å². The van der Waals surface area contributed by atoms with Crippen molar-refractivity contribution in [2.75, 3.05) is 6.61 Å². The zero-order chi connectivity index (χ0) is 9.68. The molecular weight excluding hydrogens is 162 g/mol. The average Bonchev–Trinajstić information content (AvgIpc) is 2.15. The third kappa shape index (κ3) is 3.00. The monoisotopic (exact) mass is 173 g/mol. The van der Waals surface area contributed by atoms with Gasteiger partial charge in [0.1, 0.15) is 12.4 Å². The van der Waals surface area contributed by atoms with Gasteiger partial charge in [-0.1, -0.05) is 6.58 Å². The number of hydrogen-bond acceptors (Lipinski definition) is 2. The van der Waals surface area contributed by atoms with Crippen molar-refractivity contribution < 1.29 is 4.74 Å². The fourth-order valence-corrected chi connectivity index (χ4v) is 0.832. The smallest absolute Gasteiger partial charge is 0.119 e. The topological polar surface area (TPSA) is 33.0 Å². The summed E-state index contributed by atoms with van der Waals surface area (Å²) in [6.07, 6.45) is 0. The van der Waals surface area contributed by atoms with Crippen molar-refractivity contribution in [3.63, 3.8) is 0 Å². The molecule has 0 atom stereocenters. The Morgan fingerprint density at radius 2 is 2.08 bits per heavy atom. The second-order valence-electron chi connectivity index (χ2n) is 2.88. The average molecular weight is 173 g/mol. The lowest BCUT2D eigenvalue weighted by atomic mass is 10.2. The Morgan fingerprint density at radius 1 is 1.46 bits per heavy atom. The van der Waals surface area contributed by atoms with Crippen LogP contribution in [0.25, 0.3) is 0 Å². The maximum atomic E-state index is 8.54. The molecule has 0 heterocycles. The first-order chi connectivity index (χ1) is 6.22. The first-order valence-corrected chi connectivity index (χ1v) is 3.99. The first-order valence-electron chi connectivity index (χ1n) is 3.99. The highest BCUT2D eigenvalue weighted by Crippen LogP contribution is 2.11. The van der Waals surface area contributed by atoms with Gasteiger partial charge in [0.25, 0.3) is 0 Å². The summed E-state index contributed by atoms with van der Waals surface area (Å²) in [7, 11) is 0. The summed E-state index contributed by atoms with van der Waals surface area (Å²) in [5.41, 5.74) is 1.62. The van der Waals surface area contributed by atoms with Gasteiger partial charge < -0.3 is 4.74 Å². The molecule has 0 amide bonds. The third-order valence-corrected chi connectivity index (χ3v) is 1.47. The largest absolute Gasteiger partial charge is 0.489 e. The molecule has 13 heavy (non-hydrogen) atoms. The van der Waals surface area contributed by atoms with Gasteiger partial charge in [0, 0.05) is 0 Å². The minimum absolute atomic E-state index is 0.520. The van der Waals surface area contributed by atoms with Gasteiger partial charge in [-0.15, -0.1) is 0 Å². The zero-order valence-electron chi connectivity index (χ0n) is 7.58. The zero-order valence-corrected chi connectivity index (χ0v) is 7.58. The molecule has 0 spiro atoms. The predicted molar refractivity (Wildman–Crippen MR) is 51.5 cm³/mol. The van der Waals surface area contributed by atoms with E-state index in [1.807, 2.05) is 13.0 Å². The summed E-state index contributed by atoms with van der Waals surface area (Å²) in [5, 5.41) is 8.54. The number of ether oxygens (including phenoxy) is 1. The minimum Gasteiger partial charge on any atom is -0.489 e. The van der Waals surface area contributed by atoms with Gasteiger partial charge in [0.05, 0.1) is 11.6 Å². The number of rotatable bonds is 3. The van der Waals surface area contributed by atoms with Crippen LogP contribution >= 0.6 is 0 Å². The molecule has 0 aliphatic rings. The Bertz CT molecular complexity index is 332. The Balaban J connectivity index is 2.60. The Morgan fingerprint density at radius 3 is 2.54 bits per heavy atom. The molecule has 0 saturated carbocycles. The van der Waals surface area contributed by atoms with Crippen LogP contribution in [0.2, 0.25) is 0 Å². The first kappa shape index (κ1) is 9.34. The van der Waals surface area contributed by atoms with Crippen LogP contribution in [0, 0.1) is 11.3 Å². The SMILES string of the molecule is C=C(C)COc1ccc(C#N)cc1. The second kappa shape index (κ2) is 4.32. The van der Waals surface area contributed by atoms with E-state index in [2.05, 4.69) is 6.58 Å². The Hall–Kier alpha value is -1.75. The summed E-state index contributed by atoms with van der Waals surface area (Å²) >= 11 is 0. The van der Waals surface area contributed by atoms with Gasteiger partial charge >= 0.3 is 0 Å². The molecule has 1 rings (SSSR count). The normalized spacial score (nSPS) is 8.92. The van der Waals surface area contributed by atoms with E-state index in [4.69, 9.17) is 10.00 Å². The van der Waals surface area contributed by atoms with Gasteiger partial charge in [0.2, 0.25) is 0 Å². The van der Waals surface area contributed by atoms with Crippen molar-refractivity contribution in [3.8, 4) is 11.8 Å². The predicted octanol–water partition coefficient (Wildman–Crippen LogP) is 2.51. The lowest BCUT2D eigenvalue weighted by Crippen LogP contribution is -1.96. The molecule has 0 radical (unpaired) electrons. The van der Waals surface area contributed by atoms with Gasteiger partial charge in [-0.2, -0.15) is 5.26 Å². The lowest BCUT2D eigenvalue weighted by molar-refractivity contribution is 0.352. The molecule has 66 valence electrons. The lowest BCUT2D eigenvalue weighted by Gasteiger charge is -2.04. The van der Waals surface area contributed by atoms with E-state index in [1.165, 1.54) is 0 Å². The van der Waals surface area contributed by atoms with Crippen molar-refractivity contribution in [1.82, 2.24) is 0 Å². The maximum Gasteiger partial charge on any atom is 0.119 e. The van der Waals surface area contributed by atoms with E-state index in [9.17, 15) is 0 Å².